The first-order chi connectivity index (χ1) is 14.0. The summed E-state index contributed by atoms with van der Waals surface area (Å²) in [7, 11) is 1.69. The van der Waals surface area contributed by atoms with Crippen molar-refractivity contribution in [2.75, 3.05) is 25.1 Å². The summed E-state index contributed by atoms with van der Waals surface area (Å²) in [5, 5.41) is 6.71. The van der Waals surface area contributed by atoms with Crippen LogP contribution in [0.1, 0.15) is 29.1 Å². The van der Waals surface area contributed by atoms with Gasteiger partial charge >= 0.3 is 11.8 Å². The average molecular weight is 392 g/mol. The number of likely N-dealkylation sites (N-methyl/N-ethyl adjacent to an activating group) is 1. The normalized spacial score (nSPS) is 14.1. The number of hydrogen-bond acceptors (Lipinski definition) is 6. The van der Waals surface area contributed by atoms with Crippen molar-refractivity contribution in [1.82, 2.24) is 15.5 Å². The van der Waals surface area contributed by atoms with E-state index in [0.717, 1.165) is 5.56 Å². The number of hydrogen-bond donors (Lipinski definition) is 1. The molecule has 0 saturated carbocycles. The van der Waals surface area contributed by atoms with Gasteiger partial charge in [0, 0.05) is 19.2 Å². The number of anilines is 1. The summed E-state index contributed by atoms with van der Waals surface area (Å²) in [6, 6.07) is 15.1. The molecule has 0 fully saturated rings. The van der Waals surface area contributed by atoms with Crippen molar-refractivity contribution < 1.29 is 18.8 Å². The fourth-order valence-electron chi connectivity index (χ4n) is 3.07. The lowest BCUT2D eigenvalue weighted by atomic mass is 10.0. The highest BCUT2D eigenvalue weighted by Gasteiger charge is 2.24. The molecule has 0 bridgehead atoms. The molecule has 1 aliphatic rings. The SMILES string of the molecule is C[C@H](CNC(=O)c1nc(-c2ccc3c(c2)OCC(=O)N3C)no1)c1ccccc1. The summed E-state index contributed by atoms with van der Waals surface area (Å²) >= 11 is 0. The Morgan fingerprint density at radius 3 is 2.83 bits per heavy atom. The summed E-state index contributed by atoms with van der Waals surface area (Å²) in [5.74, 6) is 0.333. The van der Waals surface area contributed by atoms with Gasteiger partial charge in [-0.05, 0) is 29.7 Å². The number of amides is 2. The van der Waals surface area contributed by atoms with Gasteiger partial charge in [-0.3, -0.25) is 9.59 Å². The molecule has 0 unspecified atom stereocenters. The van der Waals surface area contributed by atoms with Crippen LogP contribution in [0, 0.1) is 0 Å². The zero-order chi connectivity index (χ0) is 20.4. The molecule has 1 aromatic heterocycles. The highest BCUT2D eigenvalue weighted by molar-refractivity contribution is 5.97. The number of nitrogens with one attached hydrogen (secondary N) is 1. The molecule has 1 N–H and O–H groups in total. The zero-order valence-corrected chi connectivity index (χ0v) is 16.1. The van der Waals surface area contributed by atoms with Crippen LogP contribution in [0.2, 0.25) is 0 Å². The summed E-state index contributed by atoms with van der Waals surface area (Å²) in [6.07, 6.45) is 0. The summed E-state index contributed by atoms with van der Waals surface area (Å²) < 4.78 is 10.6. The Hall–Kier alpha value is -3.68. The monoisotopic (exact) mass is 392 g/mol. The zero-order valence-electron chi connectivity index (χ0n) is 16.1. The van der Waals surface area contributed by atoms with Crippen LogP contribution in [0.5, 0.6) is 5.75 Å². The van der Waals surface area contributed by atoms with Crippen molar-refractivity contribution in [3.8, 4) is 17.1 Å². The molecule has 29 heavy (non-hydrogen) atoms. The highest BCUT2D eigenvalue weighted by Crippen LogP contribution is 2.34. The average Bonchev–Trinajstić information content (AvgIpc) is 3.25. The molecule has 1 atom stereocenters. The smallest absolute Gasteiger partial charge is 0.316 e. The molecule has 2 amide bonds. The second-order valence-corrected chi connectivity index (χ2v) is 6.87. The van der Waals surface area contributed by atoms with Gasteiger partial charge in [0.1, 0.15) is 5.75 Å². The molecule has 2 aromatic carbocycles. The number of ether oxygens (including phenoxy) is 1. The van der Waals surface area contributed by atoms with Crippen molar-refractivity contribution in [2.24, 2.45) is 0 Å². The Morgan fingerprint density at radius 1 is 1.24 bits per heavy atom. The molecular formula is C21H20N4O4. The number of rotatable bonds is 5. The van der Waals surface area contributed by atoms with Crippen LogP contribution in [0.3, 0.4) is 0 Å². The third-order valence-electron chi connectivity index (χ3n) is 4.86. The third kappa shape index (κ3) is 3.82. The molecule has 0 saturated heterocycles. The molecular weight excluding hydrogens is 372 g/mol. The first-order valence-electron chi connectivity index (χ1n) is 9.23. The van der Waals surface area contributed by atoms with Crippen LogP contribution in [0.15, 0.2) is 53.1 Å². The van der Waals surface area contributed by atoms with E-state index in [9.17, 15) is 9.59 Å². The molecule has 0 radical (unpaired) electrons. The molecule has 8 nitrogen and oxygen atoms in total. The number of fused-ring (bicyclic) bond motifs is 1. The lowest BCUT2D eigenvalue weighted by Gasteiger charge is -2.25. The van der Waals surface area contributed by atoms with Gasteiger partial charge in [0.2, 0.25) is 5.82 Å². The van der Waals surface area contributed by atoms with Gasteiger partial charge < -0.3 is 19.5 Å². The highest BCUT2D eigenvalue weighted by atomic mass is 16.5. The van der Waals surface area contributed by atoms with Gasteiger partial charge in [0.15, 0.2) is 6.61 Å². The van der Waals surface area contributed by atoms with Crippen molar-refractivity contribution >= 4 is 17.5 Å². The molecule has 0 spiro atoms. The number of aromatic nitrogens is 2. The first-order valence-corrected chi connectivity index (χ1v) is 9.23. The molecule has 1 aliphatic heterocycles. The van der Waals surface area contributed by atoms with Gasteiger partial charge in [0.25, 0.3) is 5.91 Å². The van der Waals surface area contributed by atoms with Crippen LogP contribution in [-0.4, -0.2) is 42.2 Å². The first kappa shape index (κ1) is 18.7. The van der Waals surface area contributed by atoms with Crippen molar-refractivity contribution in [3.63, 3.8) is 0 Å². The van der Waals surface area contributed by atoms with Crippen molar-refractivity contribution in [3.05, 3.63) is 60.0 Å². The van der Waals surface area contributed by atoms with Gasteiger partial charge in [0.05, 0.1) is 5.69 Å². The standard InChI is InChI=1S/C21H20N4O4/c1-13(14-6-4-3-5-7-14)11-22-20(27)21-23-19(24-29-21)15-8-9-16-17(10-15)28-12-18(26)25(16)2/h3-10,13H,11-12H2,1-2H3,(H,22,27)/t13-/m1/s1. The molecule has 2 heterocycles. The Bertz CT molecular complexity index is 1050. The minimum absolute atomic E-state index is 0.0214. The van der Waals surface area contributed by atoms with E-state index in [4.69, 9.17) is 9.26 Å². The predicted octanol–water partition coefficient (Wildman–Crippen LogP) is 2.63. The lowest BCUT2D eigenvalue weighted by Crippen LogP contribution is -2.35. The summed E-state index contributed by atoms with van der Waals surface area (Å²) in [4.78, 5) is 29.8. The molecule has 4 rings (SSSR count). The van der Waals surface area contributed by atoms with E-state index in [0.29, 0.717) is 23.5 Å². The predicted molar refractivity (Wildman–Crippen MR) is 106 cm³/mol. The van der Waals surface area contributed by atoms with Crippen LogP contribution in [0.25, 0.3) is 11.4 Å². The van der Waals surface area contributed by atoms with Crippen molar-refractivity contribution in [2.45, 2.75) is 12.8 Å². The second-order valence-electron chi connectivity index (χ2n) is 6.87. The van der Waals surface area contributed by atoms with Gasteiger partial charge in [-0.25, -0.2) is 0 Å². The Morgan fingerprint density at radius 2 is 2.03 bits per heavy atom. The molecule has 8 heteroatoms. The minimum atomic E-state index is -0.425. The van der Waals surface area contributed by atoms with Crippen LogP contribution in [0.4, 0.5) is 5.69 Å². The van der Waals surface area contributed by atoms with Gasteiger partial charge in [-0.15, -0.1) is 0 Å². The molecule has 0 aliphatic carbocycles. The fraction of sp³-hybridized carbons (Fsp3) is 0.238. The van der Waals surface area contributed by atoms with Crippen LogP contribution in [-0.2, 0) is 4.79 Å². The number of benzene rings is 2. The lowest BCUT2D eigenvalue weighted by molar-refractivity contribution is -0.120. The number of carbonyl (C=O) groups excluding carboxylic acids is 2. The fourth-order valence-corrected chi connectivity index (χ4v) is 3.07. The van der Waals surface area contributed by atoms with E-state index in [1.54, 1.807) is 25.2 Å². The van der Waals surface area contributed by atoms with E-state index in [-0.39, 0.29) is 30.1 Å². The van der Waals surface area contributed by atoms with E-state index in [1.807, 2.05) is 37.3 Å². The maximum atomic E-state index is 12.4. The Kier molecular flexibility index (Phi) is 4.99. The van der Waals surface area contributed by atoms with Crippen LogP contribution >= 0.6 is 0 Å². The summed E-state index contributed by atoms with van der Waals surface area (Å²) in [6.45, 7) is 2.46. The van der Waals surface area contributed by atoms with Gasteiger partial charge in [-0.2, -0.15) is 4.98 Å². The Labute approximate surface area is 167 Å². The third-order valence-corrected chi connectivity index (χ3v) is 4.86. The van der Waals surface area contributed by atoms with E-state index in [1.165, 1.54) is 4.90 Å². The maximum Gasteiger partial charge on any atom is 0.316 e. The topological polar surface area (TPSA) is 97.6 Å². The minimum Gasteiger partial charge on any atom is -0.482 e. The van der Waals surface area contributed by atoms with Crippen molar-refractivity contribution in [1.29, 1.82) is 0 Å². The summed E-state index contributed by atoms with van der Waals surface area (Å²) in [5.41, 5.74) is 2.44. The second kappa shape index (κ2) is 7.75. The molecule has 148 valence electrons. The quantitative estimate of drug-likeness (QED) is 0.717. The van der Waals surface area contributed by atoms with E-state index in [2.05, 4.69) is 15.5 Å². The Balaban J connectivity index is 1.44. The largest absolute Gasteiger partial charge is 0.482 e. The van der Waals surface area contributed by atoms with Gasteiger partial charge in [-0.1, -0.05) is 42.4 Å². The maximum absolute atomic E-state index is 12.4. The molecule has 3 aromatic rings. The van der Waals surface area contributed by atoms with Crippen LogP contribution < -0.4 is 15.0 Å². The van der Waals surface area contributed by atoms with E-state index >= 15 is 0 Å². The number of carbonyl (C=O) groups is 2. The van der Waals surface area contributed by atoms with E-state index < -0.39 is 5.91 Å². The number of nitrogens with zero attached hydrogens (tertiary/aromatic N) is 3.